The number of unbranched alkanes of at least 4 members (excludes halogenated alkanes) is 42. The average molecular weight is 990 g/mol. The summed E-state index contributed by atoms with van der Waals surface area (Å²) in [4.78, 5) is 38.3. The summed E-state index contributed by atoms with van der Waals surface area (Å²) >= 11 is 0. The molecule has 1 unspecified atom stereocenters. The van der Waals surface area contributed by atoms with Crippen molar-refractivity contribution in [2.45, 2.75) is 368 Å². The van der Waals surface area contributed by atoms with E-state index in [1.165, 1.54) is 250 Å². The first-order chi connectivity index (χ1) is 34.3. The van der Waals surface area contributed by atoms with Gasteiger partial charge in [-0.2, -0.15) is 0 Å². The molecule has 416 valence electrons. The van der Waals surface area contributed by atoms with Crippen molar-refractivity contribution in [2.75, 3.05) is 13.2 Å². The summed E-state index contributed by atoms with van der Waals surface area (Å²) in [5.41, 5.74) is 0. The Labute approximate surface area is 438 Å². The van der Waals surface area contributed by atoms with Crippen molar-refractivity contribution in [1.29, 1.82) is 0 Å². The van der Waals surface area contributed by atoms with Gasteiger partial charge >= 0.3 is 17.9 Å². The van der Waals surface area contributed by atoms with Crippen molar-refractivity contribution in [2.24, 2.45) is 11.8 Å². The zero-order valence-electron chi connectivity index (χ0n) is 48.2. The molecule has 0 aromatic carbocycles. The minimum absolute atomic E-state index is 0.0620. The predicted octanol–water partition coefficient (Wildman–Crippen LogP) is 21.2. The first kappa shape index (κ1) is 68.4. The SMILES string of the molecule is CCCCCCCCCCCCCCCCCCCCC(=O)O[C@H](COC(=O)CCCCCCCCCCCCCCCCC(C)CC)COC(=O)CCCCCCCCCCCCCCCC(C)C. The number of hydrogen-bond donors (Lipinski definition) is 0. The molecule has 6 heteroatoms. The molecule has 0 saturated heterocycles. The van der Waals surface area contributed by atoms with Crippen LogP contribution >= 0.6 is 0 Å². The van der Waals surface area contributed by atoms with Crippen LogP contribution in [0.15, 0.2) is 0 Å². The first-order valence-electron chi connectivity index (χ1n) is 31.8. The quantitative estimate of drug-likeness (QED) is 0.0343. The molecule has 0 aromatic heterocycles. The van der Waals surface area contributed by atoms with E-state index >= 15 is 0 Å². The lowest BCUT2D eigenvalue weighted by Gasteiger charge is -2.18. The Morgan fingerprint density at radius 1 is 0.300 bits per heavy atom. The fourth-order valence-electron chi connectivity index (χ4n) is 9.90. The van der Waals surface area contributed by atoms with Gasteiger partial charge in [-0.25, -0.2) is 0 Å². The Hall–Kier alpha value is -1.59. The molecule has 70 heavy (non-hydrogen) atoms. The van der Waals surface area contributed by atoms with Gasteiger partial charge in [-0.05, 0) is 31.1 Å². The van der Waals surface area contributed by atoms with E-state index in [0.717, 1.165) is 69.6 Å². The molecule has 0 aliphatic carbocycles. The molecule has 0 bridgehead atoms. The molecular weight excluding hydrogens is 865 g/mol. The van der Waals surface area contributed by atoms with Gasteiger partial charge in [0.1, 0.15) is 13.2 Å². The smallest absolute Gasteiger partial charge is 0.306 e. The molecular formula is C64H124O6. The second-order valence-electron chi connectivity index (χ2n) is 22.8. The van der Waals surface area contributed by atoms with E-state index in [9.17, 15) is 14.4 Å². The Morgan fingerprint density at radius 2 is 0.543 bits per heavy atom. The highest BCUT2D eigenvalue weighted by Gasteiger charge is 2.19. The lowest BCUT2D eigenvalue weighted by Crippen LogP contribution is -2.30. The van der Waals surface area contributed by atoms with Crippen LogP contribution in [0, 0.1) is 11.8 Å². The van der Waals surface area contributed by atoms with Gasteiger partial charge in [0.25, 0.3) is 0 Å². The Balaban J connectivity index is 4.30. The molecule has 0 aromatic rings. The normalized spacial score (nSPS) is 12.4. The Kier molecular flexibility index (Phi) is 55.4. The third-order valence-electron chi connectivity index (χ3n) is 15.1. The highest BCUT2D eigenvalue weighted by atomic mass is 16.6. The lowest BCUT2D eigenvalue weighted by atomic mass is 9.99. The van der Waals surface area contributed by atoms with Gasteiger partial charge in [-0.15, -0.1) is 0 Å². The van der Waals surface area contributed by atoms with E-state index in [4.69, 9.17) is 14.2 Å². The molecule has 0 fully saturated rings. The Bertz CT molecular complexity index is 1070. The van der Waals surface area contributed by atoms with E-state index in [1.54, 1.807) is 0 Å². The minimum Gasteiger partial charge on any atom is -0.462 e. The van der Waals surface area contributed by atoms with Gasteiger partial charge in [-0.1, -0.05) is 324 Å². The summed E-state index contributed by atoms with van der Waals surface area (Å²) in [5.74, 6) is 0.904. The fraction of sp³-hybridized carbons (Fsp3) is 0.953. The molecule has 0 rings (SSSR count). The maximum Gasteiger partial charge on any atom is 0.306 e. The molecule has 0 amide bonds. The molecule has 0 spiro atoms. The van der Waals surface area contributed by atoms with Crippen LogP contribution in [-0.2, 0) is 28.6 Å². The van der Waals surface area contributed by atoms with Crippen molar-refractivity contribution < 1.29 is 28.6 Å². The maximum absolute atomic E-state index is 12.9. The van der Waals surface area contributed by atoms with E-state index in [0.29, 0.717) is 19.3 Å². The van der Waals surface area contributed by atoms with Gasteiger partial charge in [0.15, 0.2) is 6.10 Å². The second kappa shape index (κ2) is 56.7. The number of ether oxygens (including phenoxy) is 3. The Morgan fingerprint density at radius 3 is 0.814 bits per heavy atom. The van der Waals surface area contributed by atoms with Crippen LogP contribution in [0.5, 0.6) is 0 Å². The topological polar surface area (TPSA) is 78.9 Å². The maximum atomic E-state index is 12.9. The number of hydrogen-bond acceptors (Lipinski definition) is 6. The molecule has 0 radical (unpaired) electrons. The number of carbonyl (C=O) groups is 3. The van der Waals surface area contributed by atoms with Crippen LogP contribution in [-0.4, -0.2) is 37.2 Å². The number of rotatable bonds is 58. The molecule has 6 nitrogen and oxygen atoms in total. The molecule has 2 atom stereocenters. The molecule has 0 heterocycles. The van der Waals surface area contributed by atoms with E-state index < -0.39 is 6.10 Å². The summed E-state index contributed by atoms with van der Waals surface area (Å²) in [6.45, 7) is 11.5. The van der Waals surface area contributed by atoms with Crippen molar-refractivity contribution in [3.05, 3.63) is 0 Å². The van der Waals surface area contributed by atoms with Gasteiger partial charge in [-0.3, -0.25) is 14.4 Å². The first-order valence-corrected chi connectivity index (χ1v) is 31.8. The van der Waals surface area contributed by atoms with Crippen molar-refractivity contribution >= 4 is 17.9 Å². The zero-order valence-corrected chi connectivity index (χ0v) is 48.2. The van der Waals surface area contributed by atoms with E-state index in [1.807, 2.05) is 0 Å². The summed E-state index contributed by atoms with van der Waals surface area (Å²) in [6, 6.07) is 0. The van der Waals surface area contributed by atoms with E-state index in [2.05, 4.69) is 34.6 Å². The van der Waals surface area contributed by atoms with Crippen molar-refractivity contribution in [3.8, 4) is 0 Å². The minimum atomic E-state index is -0.764. The van der Waals surface area contributed by atoms with Crippen LogP contribution in [0.1, 0.15) is 362 Å². The molecule has 0 N–H and O–H groups in total. The third kappa shape index (κ3) is 55.7. The highest BCUT2D eigenvalue weighted by Crippen LogP contribution is 2.19. The zero-order chi connectivity index (χ0) is 51.1. The standard InChI is InChI=1S/C64H124O6/c1-6-8-9-10-11-12-13-14-15-16-17-18-25-31-36-41-46-51-56-64(67)70-61(58-69-63(66)55-50-45-40-35-30-26-21-22-27-32-37-42-47-52-59(3)4)57-68-62(65)54-49-44-39-34-29-24-20-19-23-28-33-38-43-48-53-60(5)7-2/h59-61H,6-58H2,1-5H3/t60?,61-/m1/s1. The predicted molar refractivity (Wildman–Crippen MR) is 303 cm³/mol. The largest absolute Gasteiger partial charge is 0.462 e. The van der Waals surface area contributed by atoms with Crippen LogP contribution in [0.4, 0.5) is 0 Å². The van der Waals surface area contributed by atoms with Crippen molar-refractivity contribution in [1.82, 2.24) is 0 Å². The lowest BCUT2D eigenvalue weighted by molar-refractivity contribution is -0.167. The van der Waals surface area contributed by atoms with Crippen LogP contribution in [0.2, 0.25) is 0 Å². The third-order valence-corrected chi connectivity index (χ3v) is 15.1. The number of carbonyl (C=O) groups excluding carboxylic acids is 3. The van der Waals surface area contributed by atoms with Gasteiger partial charge in [0.2, 0.25) is 0 Å². The monoisotopic (exact) mass is 989 g/mol. The summed E-state index contributed by atoms with van der Waals surface area (Å²) in [5, 5.41) is 0. The number of esters is 3. The summed E-state index contributed by atoms with van der Waals surface area (Å²) in [7, 11) is 0. The van der Waals surface area contributed by atoms with E-state index in [-0.39, 0.29) is 31.1 Å². The van der Waals surface area contributed by atoms with Gasteiger partial charge in [0.05, 0.1) is 0 Å². The fourth-order valence-corrected chi connectivity index (χ4v) is 9.90. The van der Waals surface area contributed by atoms with Crippen LogP contribution in [0.25, 0.3) is 0 Å². The van der Waals surface area contributed by atoms with Crippen LogP contribution < -0.4 is 0 Å². The molecule has 0 aliphatic heterocycles. The summed E-state index contributed by atoms with van der Waals surface area (Å²) < 4.78 is 17.0. The van der Waals surface area contributed by atoms with Gasteiger partial charge < -0.3 is 14.2 Å². The highest BCUT2D eigenvalue weighted by molar-refractivity contribution is 5.71. The molecule has 0 aliphatic rings. The summed E-state index contributed by atoms with van der Waals surface area (Å²) in [6.07, 6.45) is 62.4. The molecule has 0 saturated carbocycles. The second-order valence-corrected chi connectivity index (χ2v) is 22.8. The average Bonchev–Trinajstić information content (AvgIpc) is 3.35. The van der Waals surface area contributed by atoms with Crippen LogP contribution in [0.3, 0.4) is 0 Å². The van der Waals surface area contributed by atoms with Gasteiger partial charge in [0, 0.05) is 19.3 Å². The van der Waals surface area contributed by atoms with Crippen molar-refractivity contribution in [3.63, 3.8) is 0 Å².